The van der Waals surface area contributed by atoms with Gasteiger partial charge in [0.1, 0.15) is 0 Å². The summed E-state index contributed by atoms with van der Waals surface area (Å²) in [5.41, 5.74) is 9.35. The average molecular weight is 347 g/mol. The molecular weight excluding hydrogens is 331 g/mol. The summed E-state index contributed by atoms with van der Waals surface area (Å²) in [6.07, 6.45) is 1.74. The number of hydrogen-bond acceptors (Lipinski definition) is 2. The molecule has 118 valence electrons. The molecule has 6 heteroatoms. The highest BCUT2D eigenvalue weighted by Gasteiger charge is 2.04. The molecule has 3 aromatic rings. The van der Waals surface area contributed by atoms with Crippen LogP contribution in [0.15, 0.2) is 59.7 Å². The van der Waals surface area contributed by atoms with E-state index in [0.29, 0.717) is 10.7 Å². The van der Waals surface area contributed by atoms with Gasteiger partial charge in [-0.3, -0.25) is 4.98 Å². The third-order valence-corrected chi connectivity index (χ3v) is 3.57. The molecule has 0 radical (unpaired) electrons. The molecule has 3 rings (SSSR count). The lowest BCUT2D eigenvalue weighted by Gasteiger charge is -2.09. The van der Waals surface area contributed by atoms with Crippen LogP contribution in [0.4, 0.5) is 11.4 Å². The lowest BCUT2D eigenvalue weighted by molar-refractivity contribution is 1.38. The molecule has 23 heavy (non-hydrogen) atoms. The van der Waals surface area contributed by atoms with E-state index in [1.165, 1.54) is 0 Å². The monoisotopic (exact) mass is 346 g/mol. The zero-order valence-corrected chi connectivity index (χ0v) is 14.0. The number of pyridine rings is 1. The van der Waals surface area contributed by atoms with Gasteiger partial charge in [0.25, 0.3) is 0 Å². The summed E-state index contributed by atoms with van der Waals surface area (Å²) < 4.78 is 0. The number of hydrogen-bond donors (Lipinski definition) is 2. The Bertz CT molecular complexity index is 857. The maximum Gasteiger partial charge on any atom is 0.198 e. The number of guanidine groups is 1. The topological polar surface area (TPSA) is 63.3 Å². The lowest BCUT2D eigenvalue weighted by atomic mass is 10.2. The Hall–Kier alpha value is -2.30. The van der Waals surface area contributed by atoms with Crippen molar-refractivity contribution in [3.8, 4) is 0 Å². The number of aryl methyl sites for hydroxylation is 1. The second-order valence-electron chi connectivity index (χ2n) is 4.96. The number of fused-ring (bicyclic) bond motifs is 1. The van der Waals surface area contributed by atoms with E-state index in [1.807, 2.05) is 55.5 Å². The molecule has 3 N–H and O–H groups in total. The van der Waals surface area contributed by atoms with Crippen molar-refractivity contribution >= 4 is 52.2 Å². The van der Waals surface area contributed by atoms with Crippen LogP contribution in [0.25, 0.3) is 10.9 Å². The first-order chi connectivity index (χ1) is 10.6. The third kappa shape index (κ3) is 3.92. The first-order valence-corrected chi connectivity index (χ1v) is 7.22. The van der Waals surface area contributed by atoms with Crippen LogP contribution in [-0.2, 0) is 0 Å². The predicted octanol–water partition coefficient (Wildman–Crippen LogP) is 4.68. The molecule has 0 aliphatic heterocycles. The summed E-state index contributed by atoms with van der Waals surface area (Å²) in [7, 11) is 0. The number of halogens is 2. The van der Waals surface area contributed by atoms with Gasteiger partial charge in [0.05, 0.1) is 21.9 Å². The average Bonchev–Trinajstić information content (AvgIpc) is 2.51. The highest BCUT2D eigenvalue weighted by atomic mass is 35.5. The van der Waals surface area contributed by atoms with Gasteiger partial charge in [-0.1, -0.05) is 35.9 Å². The summed E-state index contributed by atoms with van der Waals surface area (Å²) in [5.74, 6) is 0.269. The molecule has 1 heterocycles. The minimum atomic E-state index is 0. The van der Waals surface area contributed by atoms with Crippen LogP contribution in [0.3, 0.4) is 0 Å². The molecule has 0 bridgehead atoms. The van der Waals surface area contributed by atoms with Crippen molar-refractivity contribution in [2.24, 2.45) is 10.7 Å². The second kappa shape index (κ2) is 7.31. The quantitative estimate of drug-likeness (QED) is 0.523. The smallest absolute Gasteiger partial charge is 0.198 e. The number of aromatic nitrogens is 1. The fourth-order valence-electron chi connectivity index (χ4n) is 2.21. The Labute approximate surface area is 145 Å². The number of nitrogens with one attached hydrogen (secondary N) is 1. The highest BCUT2D eigenvalue weighted by Crippen LogP contribution is 2.25. The van der Waals surface area contributed by atoms with E-state index in [9.17, 15) is 0 Å². The normalized spacial score (nSPS) is 11.1. The maximum atomic E-state index is 6.15. The summed E-state index contributed by atoms with van der Waals surface area (Å²) in [6.45, 7) is 1.99. The summed E-state index contributed by atoms with van der Waals surface area (Å²) in [4.78, 5) is 8.77. The number of aliphatic imine (C=N–C) groups is 1. The Morgan fingerprint density at radius 1 is 1.17 bits per heavy atom. The molecule has 4 nitrogen and oxygen atoms in total. The van der Waals surface area contributed by atoms with Crippen molar-refractivity contribution in [2.75, 3.05) is 5.32 Å². The minimum absolute atomic E-state index is 0. The minimum Gasteiger partial charge on any atom is -0.369 e. The van der Waals surface area contributed by atoms with Crippen LogP contribution < -0.4 is 11.1 Å². The zero-order chi connectivity index (χ0) is 15.5. The molecule has 0 aliphatic carbocycles. The van der Waals surface area contributed by atoms with E-state index >= 15 is 0 Å². The number of rotatable bonds is 2. The van der Waals surface area contributed by atoms with Gasteiger partial charge in [-0.15, -0.1) is 12.4 Å². The fraction of sp³-hybridized carbons (Fsp3) is 0.0588. The van der Waals surface area contributed by atoms with Crippen molar-refractivity contribution < 1.29 is 0 Å². The van der Waals surface area contributed by atoms with Crippen LogP contribution in [0.2, 0.25) is 5.02 Å². The van der Waals surface area contributed by atoms with E-state index in [1.54, 1.807) is 6.20 Å². The standard InChI is InChI=1S/C17H15ClN4.ClH/c1-11-7-8-13(18)15(10-11)22-17(19)21-14-6-2-4-12-5-3-9-20-16(12)14;/h2-10H,1H3,(H3,19,21,22);1H. The van der Waals surface area contributed by atoms with Crippen LogP contribution in [0.1, 0.15) is 5.56 Å². The highest BCUT2D eigenvalue weighted by molar-refractivity contribution is 6.33. The van der Waals surface area contributed by atoms with Gasteiger partial charge in [0.2, 0.25) is 0 Å². The molecule has 0 aliphatic rings. The predicted molar refractivity (Wildman–Crippen MR) is 100 cm³/mol. The molecule has 0 fully saturated rings. The Morgan fingerprint density at radius 2 is 1.96 bits per heavy atom. The maximum absolute atomic E-state index is 6.15. The fourth-order valence-corrected chi connectivity index (χ4v) is 2.37. The van der Waals surface area contributed by atoms with Crippen molar-refractivity contribution in [2.45, 2.75) is 6.92 Å². The molecule has 0 atom stereocenters. The number of benzene rings is 2. The van der Waals surface area contributed by atoms with Crippen LogP contribution in [0.5, 0.6) is 0 Å². The van der Waals surface area contributed by atoms with Gasteiger partial charge in [0, 0.05) is 11.6 Å². The van der Waals surface area contributed by atoms with E-state index in [2.05, 4.69) is 15.3 Å². The van der Waals surface area contributed by atoms with Gasteiger partial charge < -0.3 is 11.1 Å². The van der Waals surface area contributed by atoms with E-state index in [0.717, 1.165) is 22.2 Å². The Morgan fingerprint density at radius 3 is 2.78 bits per heavy atom. The zero-order valence-electron chi connectivity index (χ0n) is 12.5. The van der Waals surface area contributed by atoms with E-state index in [4.69, 9.17) is 17.3 Å². The number of nitrogens with zero attached hydrogens (tertiary/aromatic N) is 2. The van der Waals surface area contributed by atoms with Gasteiger partial charge in [-0.2, -0.15) is 0 Å². The molecule has 1 aromatic heterocycles. The van der Waals surface area contributed by atoms with Crippen molar-refractivity contribution in [3.63, 3.8) is 0 Å². The molecule has 0 amide bonds. The molecule has 0 saturated carbocycles. The van der Waals surface area contributed by atoms with Gasteiger partial charge in [-0.25, -0.2) is 4.99 Å². The third-order valence-electron chi connectivity index (χ3n) is 3.24. The van der Waals surface area contributed by atoms with Crippen LogP contribution in [0, 0.1) is 6.92 Å². The van der Waals surface area contributed by atoms with E-state index < -0.39 is 0 Å². The number of para-hydroxylation sites is 1. The summed E-state index contributed by atoms with van der Waals surface area (Å²) >= 11 is 6.15. The van der Waals surface area contributed by atoms with Crippen molar-refractivity contribution in [1.29, 1.82) is 0 Å². The summed E-state index contributed by atoms with van der Waals surface area (Å²) in [5, 5.41) is 4.65. The second-order valence-corrected chi connectivity index (χ2v) is 5.36. The molecule has 0 unspecified atom stereocenters. The van der Waals surface area contributed by atoms with Gasteiger partial charge >= 0.3 is 0 Å². The summed E-state index contributed by atoms with van der Waals surface area (Å²) in [6, 6.07) is 15.4. The van der Waals surface area contributed by atoms with Crippen LogP contribution in [-0.4, -0.2) is 10.9 Å². The van der Waals surface area contributed by atoms with Gasteiger partial charge in [-0.05, 0) is 36.8 Å². The van der Waals surface area contributed by atoms with Crippen molar-refractivity contribution in [3.05, 3.63) is 65.3 Å². The molecular formula is C17H16Cl2N4. The molecule has 2 aromatic carbocycles. The van der Waals surface area contributed by atoms with E-state index in [-0.39, 0.29) is 18.4 Å². The first-order valence-electron chi connectivity index (χ1n) is 6.84. The van der Waals surface area contributed by atoms with Crippen molar-refractivity contribution in [1.82, 2.24) is 4.98 Å². The lowest BCUT2D eigenvalue weighted by Crippen LogP contribution is -2.22. The SMILES string of the molecule is Cc1ccc(Cl)c(NC(N)=Nc2cccc3cccnc23)c1.Cl. The Balaban J connectivity index is 0.00000192. The first kappa shape index (κ1) is 17.1. The number of nitrogens with two attached hydrogens (primary N) is 1. The molecule has 0 saturated heterocycles. The largest absolute Gasteiger partial charge is 0.369 e. The molecule has 0 spiro atoms. The number of anilines is 1. The van der Waals surface area contributed by atoms with Crippen LogP contribution >= 0.6 is 24.0 Å². The van der Waals surface area contributed by atoms with Gasteiger partial charge in [0.15, 0.2) is 5.96 Å². The Kier molecular flexibility index (Phi) is 5.42.